The molecule has 1 unspecified atom stereocenters. The van der Waals surface area contributed by atoms with Gasteiger partial charge >= 0.3 is 5.97 Å². The summed E-state index contributed by atoms with van der Waals surface area (Å²) >= 11 is 0. The number of hydrogen-bond donors (Lipinski definition) is 2. The van der Waals surface area contributed by atoms with Crippen LogP contribution >= 0.6 is 0 Å². The van der Waals surface area contributed by atoms with Crippen LogP contribution in [0.3, 0.4) is 0 Å². The number of hydrogen-bond acceptors (Lipinski definition) is 4. The molecule has 0 aliphatic heterocycles. The standard InChI is InChI=1S/C20H25NO5S/c1-2-19(20(22)23)26-18-10-8-17(9-11-18)12-14-21-27(24,25)15-13-16-6-4-3-5-7-16/h3-11,19,21H,2,12-15H2,1H3,(H,22,23). The van der Waals surface area contributed by atoms with Gasteiger partial charge in [0.25, 0.3) is 0 Å². The lowest BCUT2D eigenvalue weighted by Gasteiger charge is -2.13. The third kappa shape index (κ3) is 7.40. The average molecular weight is 391 g/mol. The number of rotatable bonds is 11. The number of carboxylic acid groups (broad SMARTS) is 1. The van der Waals surface area contributed by atoms with Gasteiger partial charge in [-0.2, -0.15) is 0 Å². The van der Waals surface area contributed by atoms with E-state index in [9.17, 15) is 13.2 Å². The van der Waals surface area contributed by atoms with E-state index in [0.717, 1.165) is 11.1 Å². The van der Waals surface area contributed by atoms with Crippen LogP contribution in [0.15, 0.2) is 54.6 Å². The highest BCUT2D eigenvalue weighted by Crippen LogP contribution is 2.15. The first-order chi connectivity index (χ1) is 12.9. The van der Waals surface area contributed by atoms with Gasteiger partial charge in [0.05, 0.1) is 5.75 Å². The molecular formula is C20H25NO5S. The van der Waals surface area contributed by atoms with Crippen LogP contribution in [0.5, 0.6) is 5.75 Å². The second kappa shape index (κ2) is 10.1. The second-order valence-corrected chi connectivity index (χ2v) is 8.12. The number of aryl methyl sites for hydroxylation is 1. The first kappa shape index (κ1) is 20.9. The van der Waals surface area contributed by atoms with Crippen LogP contribution in [0, 0.1) is 0 Å². The molecule has 0 saturated carbocycles. The predicted octanol–water partition coefficient (Wildman–Crippen LogP) is 2.63. The van der Waals surface area contributed by atoms with Crippen molar-refractivity contribution >= 4 is 16.0 Å². The van der Waals surface area contributed by atoms with E-state index in [0.29, 0.717) is 31.6 Å². The SMILES string of the molecule is CCC(Oc1ccc(CCNS(=O)(=O)CCc2ccccc2)cc1)C(=O)O. The lowest BCUT2D eigenvalue weighted by atomic mass is 10.1. The third-order valence-electron chi connectivity index (χ3n) is 4.09. The van der Waals surface area contributed by atoms with E-state index in [1.165, 1.54) is 0 Å². The van der Waals surface area contributed by atoms with Crippen LogP contribution in [0.4, 0.5) is 0 Å². The highest BCUT2D eigenvalue weighted by molar-refractivity contribution is 7.89. The van der Waals surface area contributed by atoms with Gasteiger partial charge in [0.1, 0.15) is 5.75 Å². The van der Waals surface area contributed by atoms with E-state index in [2.05, 4.69) is 4.72 Å². The number of nitrogens with one attached hydrogen (secondary N) is 1. The van der Waals surface area contributed by atoms with Crippen LogP contribution in [0.25, 0.3) is 0 Å². The molecule has 7 heteroatoms. The van der Waals surface area contributed by atoms with Gasteiger partial charge in [-0.3, -0.25) is 0 Å². The molecule has 0 aliphatic rings. The number of sulfonamides is 1. The Labute approximate surface area is 160 Å². The van der Waals surface area contributed by atoms with Crippen LogP contribution < -0.4 is 9.46 Å². The average Bonchev–Trinajstić information content (AvgIpc) is 2.66. The second-order valence-electron chi connectivity index (χ2n) is 6.20. The molecule has 0 aromatic heterocycles. The molecule has 2 aromatic carbocycles. The molecule has 0 bridgehead atoms. The number of carbonyl (C=O) groups is 1. The maximum Gasteiger partial charge on any atom is 0.344 e. The Morgan fingerprint density at radius 2 is 1.67 bits per heavy atom. The van der Waals surface area contributed by atoms with Crippen LogP contribution in [0.2, 0.25) is 0 Å². The number of aliphatic carboxylic acids is 1. The largest absolute Gasteiger partial charge is 0.479 e. The predicted molar refractivity (Wildman–Crippen MR) is 104 cm³/mol. The van der Waals surface area contributed by atoms with Gasteiger partial charge in [-0.1, -0.05) is 49.4 Å². The molecule has 0 radical (unpaired) electrons. The van der Waals surface area contributed by atoms with Gasteiger partial charge in [-0.15, -0.1) is 0 Å². The molecule has 0 amide bonds. The lowest BCUT2D eigenvalue weighted by molar-refractivity contribution is -0.145. The molecule has 146 valence electrons. The Hall–Kier alpha value is -2.38. The first-order valence-corrected chi connectivity index (χ1v) is 10.5. The Morgan fingerprint density at radius 1 is 1.04 bits per heavy atom. The summed E-state index contributed by atoms with van der Waals surface area (Å²) in [4.78, 5) is 11.0. The molecular weight excluding hydrogens is 366 g/mol. The maximum absolute atomic E-state index is 12.1. The monoisotopic (exact) mass is 391 g/mol. The first-order valence-electron chi connectivity index (χ1n) is 8.89. The number of ether oxygens (including phenoxy) is 1. The minimum absolute atomic E-state index is 0.0530. The van der Waals surface area contributed by atoms with Gasteiger partial charge in [0, 0.05) is 6.54 Å². The molecule has 0 spiro atoms. The van der Waals surface area contributed by atoms with E-state index in [1.807, 2.05) is 42.5 Å². The van der Waals surface area contributed by atoms with E-state index < -0.39 is 22.1 Å². The number of benzene rings is 2. The summed E-state index contributed by atoms with van der Waals surface area (Å²) in [5, 5.41) is 9.01. The van der Waals surface area contributed by atoms with E-state index >= 15 is 0 Å². The molecule has 0 aliphatic carbocycles. The Balaban J connectivity index is 1.78. The Morgan fingerprint density at radius 3 is 2.26 bits per heavy atom. The van der Waals surface area contributed by atoms with Gasteiger partial charge < -0.3 is 9.84 Å². The summed E-state index contributed by atoms with van der Waals surface area (Å²) < 4.78 is 32.2. The summed E-state index contributed by atoms with van der Waals surface area (Å²) in [7, 11) is -3.33. The fourth-order valence-corrected chi connectivity index (χ4v) is 3.59. The van der Waals surface area contributed by atoms with Crippen molar-refractivity contribution in [2.24, 2.45) is 0 Å². The van der Waals surface area contributed by atoms with Crippen molar-refractivity contribution in [2.45, 2.75) is 32.3 Å². The van der Waals surface area contributed by atoms with Crippen molar-refractivity contribution in [3.63, 3.8) is 0 Å². The van der Waals surface area contributed by atoms with Crippen molar-refractivity contribution in [1.29, 1.82) is 0 Å². The van der Waals surface area contributed by atoms with Crippen molar-refractivity contribution in [1.82, 2.24) is 4.72 Å². The summed E-state index contributed by atoms with van der Waals surface area (Å²) in [5.74, 6) is -0.458. The smallest absolute Gasteiger partial charge is 0.344 e. The normalized spacial score (nSPS) is 12.5. The van der Waals surface area contributed by atoms with Gasteiger partial charge in [-0.05, 0) is 42.5 Å². The highest BCUT2D eigenvalue weighted by atomic mass is 32.2. The molecule has 0 heterocycles. The third-order valence-corrected chi connectivity index (χ3v) is 5.47. The van der Waals surface area contributed by atoms with Crippen molar-refractivity contribution < 1.29 is 23.1 Å². The highest BCUT2D eigenvalue weighted by Gasteiger charge is 2.16. The Kier molecular flexibility index (Phi) is 7.82. The van der Waals surface area contributed by atoms with E-state index in [1.54, 1.807) is 19.1 Å². The molecule has 2 aromatic rings. The number of carboxylic acids is 1. The zero-order valence-electron chi connectivity index (χ0n) is 15.3. The summed E-state index contributed by atoms with van der Waals surface area (Å²) in [5.41, 5.74) is 1.93. The molecule has 0 fully saturated rings. The van der Waals surface area contributed by atoms with Gasteiger partial charge in [0.2, 0.25) is 10.0 Å². The quantitative estimate of drug-likeness (QED) is 0.614. The van der Waals surface area contributed by atoms with Crippen molar-refractivity contribution in [2.75, 3.05) is 12.3 Å². The summed E-state index contributed by atoms with van der Waals surface area (Å²) in [6.45, 7) is 2.06. The zero-order valence-corrected chi connectivity index (χ0v) is 16.1. The maximum atomic E-state index is 12.1. The van der Waals surface area contributed by atoms with Crippen LogP contribution in [-0.2, 0) is 27.7 Å². The Bertz CT molecular complexity index is 819. The zero-order chi connectivity index (χ0) is 19.7. The lowest BCUT2D eigenvalue weighted by Crippen LogP contribution is -2.29. The molecule has 0 saturated heterocycles. The molecule has 2 rings (SSSR count). The molecule has 2 N–H and O–H groups in total. The fraction of sp³-hybridized carbons (Fsp3) is 0.350. The van der Waals surface area contributed by atoms with E-state index in [-0.39, 0.29) is 5.75 Å². The topological polar surface area (TPSA) is 92.7 Å². The molecule has 6 nitrogen and oxygen atoms in total. The van der Waals surface area contributed by atoms with Crippen molar-refractivity contribution in [3.05, 3.63) is 65.7 Å². The van der Waals surface area contributed by atoms with Crippen LogP contribution in [-0.4, -0.2) is 37.9 Å². The van der Waals surface area contributed by atoms with Gasteiger partial charge in [0.15, 0.2) is 6.10 Å². The minimum Gasteiger partial charge on any atom is -0.479 e. The summed E-state index contributed by atoms with van der Waals surface area (Å²) in [6, 6.07) is 16.5. The minimum atomic E-state index is -3.33. The van der Waals surface area contributed by atoms with Crippen molar-refractivity contribution in [3.8, 4) is 5.75 Å². The molecule has 27 heavy (non-hydrogen) atoms. The fourth-order valence-electron chi connectivity index (χ4n) is 2.53. The summed E-state index contributed by atoms with van der Waals surface area (Å²) in [6.07, 6.45) is 0.528. The molecule has 1 atom stereocenters. The van der Waals surface area contributed by atoms with Crippen LogP contribution in [0.1, 0.15) is 24.5 Å². The van der Waals surface area contributed by atoms with Gasteiger partial charge in [-0.25, -0.2) is 17.9 Å². The van der Waals surface area contributed by atoms with E-state index in [4.69, 9.17) is 9.84 Å².